The Hall–Kier alpha value is -2.67. The number of benzene rings is 2. The predicted octanol–water partition coefficient (Wildman–Crippen LogP) is 2.47. The number of hydrazone groups is 1. The average molecular weight is 370 g/mol. The van der Waals surface area contributed by atoms with E-state index in [1.54, 1.807) is 18.3 Å². The van der Waals surface area contributed by atoms with E-state index in [2.05, 4.69) is 10.5 Å². The van der Waals surface area contributed by atoms with Crippen molar-refractivity contribution in [2.45, 2.75) is 12.2 Å². The lowest BCUT2D eigenvalue weighted by molar-refractivity contribution is -0.130. The first-order chi connectivity index (χ1) is 12.8. The molecule has 2 aromatic rings. The summed E-state index contributed by atoms with van der Waals surface area (Å²) >= 11 is 1.88. The zero-order valence-corrected chi connectivity index (χ0v) is 14.8. The molecule has 0 saturated carbocycles. The molecule has 4 rings (SSSR count). The summed E-state index contributed by atoms with van der Waals surface area (Å²) in [6.45, 7) is 0.157. The van der Waals surface area contributed by atoms with Crippen LogP contribution in [0.4, 0.5) is 0 Å². The summed E-state index contributed by atoms with van der Waals surface area (Å²) < 4.78 is 17.0. The second-order valence-corrected chi connectivity index (χ2v) is 7.02. The molecule has 7 heteroatoms. The normalized spacial score (nSPS) is 19.0. The Morgan fingerprint density at radius 2 is 1.92 bits per heavy atom. The predicted molar refractivity (Wildman–Crippen MR) is 100 cm³/mol. The number of thioether (sulfide) groups is 1. The van der Waals surface area contributed by atoms with Crippen LogP contribution in [0.15, 0.2) is 53.6 Å². The van der Waals surface area contributed by atoms with E-state index in [0.29, 0.717) is 17.6 Å². The van der Waals surface area contributed by atoms with E-state index in [9.17, 15) is 4.79 Å². The van der Waals surface area contributed by atoms with E-state index >= 15 is 0 Å². The molecule has 2 aliphatic heterocycles. The second-order valence-electron chi connectivity index (χ2n) is 5.94. The number of fused-ring (bicyclic) bond motifs is 1. The maximum Gasteiger partial charge on any atom is 0.284 e. The van der Waals surface area contributed by atoms with Gasteiger partial charge in [0.05, 0.1) is 6.21 Å². The lowest BCUT2D eigenvalue weighted by atomic mass is 10.2. The van der Waals surface area contributed by atoms with Crippen LogP contribution in [0.25, 0.3) is 0 Å². The van der Waals surface area contributed by atoms with Gasteiger partial charge in [0.1, 0.15) is 18.5 Å². The quantitative estimate of drug-likeness (QED) is 0.647. The van der Waals surface area contributed by atoms with Gasteiger partial charge in [0.2, 0.25) is 6.10 Å². The summed E-state index contributed by atoms with van der Waals surface area (Å²) in [5, 5.41) is 3.99. The van der Waals surface area contributed by atoms with Crippen molar-refractivity contribution in [1.82, 2.24) is 5.43 Å². The molecule has 1 fully saturated rings. The minimum atomic E-state index is -0.724. The lowest BCUT2D eigenvalue weighted by Crippen LogP contribution is -2.42. The largest absolute Gasteiger partial charge is 0.489 e. The summed E-state index contributed by atoms with van der Waals surface area (Å²) in [6, 6.07) is 14.9. The van der Waals surface area contributed by atoms with Gasteiger partial charge in [-0.3, -0.25) is 4.79 Å². The molecule has 2 heterocycles. The molecule has 2 aromatic carbocycles. The van der Waals surface area contributed by atoms with Gasteiger partial charge < -0.3 is 14.2 Å². The molecule has 1 atom stereocenters. The average Bonchev–Trinajstić information content (AvgIpc) is 2.65. The molecule has 0 bridgehead atoms. The first kappa shape index (κ1) is 16.8. The Balaban J connectivity index is 1.28. The van der Waals surface area contributed by atoms with Crippen molar-refractivity contribution in [2.75, 3.05) is 18.1 Å². The van der Waals surface area contributed by atoms with Crippen LogP contribution in [0.2, 0.25) is 0 Å². The minimum absolute atomic E-state index is 0.157. The zero-order valence-electron chi connectivity index (χ0n) is 14.0. The zero-order chi connectivity index (χ0) is 17.8. The fraction of sp³-hybridized carbons (Fsp3) is 0.263. The highest BCUT2D eigenvalue weighted by molar-refractivity contribution is 8.00. The number of para-hydroxylation sites is 2. The highest BCUT2D eigenvalue weighted by atomic mass is 32.2. The van der Waals surface area contributed by atoms with E-state index < -0.39 is 6.10 Å². The molecular formula is C19H18N2O4S. The van der Waals surface area contributed by atoms with Crippen molar-refractivity contribution in [3.05, 3.63) is 54.1 Å². The second kappa shape index (κ2) is 7.70. The fourth-order valence-corrected chi connectivity index (χ4v) is 3.06. The molecule has 1 saturated heterocycles. The third-order valence-corrected chi connectivity index (χ3v) is 5.19. The number of ether oxygens (including phenoxy) is 3. The molecule has 134 valence electrons. The van der Waals surface area contributed by atoms with Crippen LogP contribution in [-0.4, -0.2) is 42.4 Å². The standard InChI is InChI=1S/C19H18N2O4S/c22-19(18-10-23-16-3-1-2-4-17(16)25-18)21-20-9-13-5-7-14(8-6-13)24-15-11-26-12-15/h1-9,15,18H,10-12H2,(H,21,22)/b20-9-/t18-/m0/s1. The first-order valence-corrected chi connectivity index (χ1v) is 9.49. The van der Waals surface area contributed by atoms with Gasteiger partial charge in [-0.05, 0) is 42.0 Å². The van der Waals surface area contributed by atoms with E-state index in [0.717, 1.165) is 22.8 Å². The molecule has 0 spiro atoms. The topological polar surface area (TPSA) is 69.2 Å². The number of nitrogens with one attached hydrogen (secondary N) is 1. The van der Waals surface area contributed by atoms with Gasteiger partial charge in [-0.2, -0.15) is 16.9 Å². The number of hydrogen-bond donors (Lipinski definition) is 1. The molecule has 0 radical (unpaired) electrons. The number of nitrogens with zero attached hydrogens (tertiary/aromatic N) is 1. The van der Waals surface area contributed by atoms with Crippen LogP contribution in [0.3, 0.4) is 0 Å². The Kier molecular flexibility index (Phi) is 4.97. The van der Waals surface area contributed by atoms with Crippen LogP contribution in [0, 0.1) is 0 Å². The van der Waals surface area contributed by atoms with Gasteiger partial charge in [-0.1, -0.05) is 12.1 Å². The summed E-state index contributed by atoms with van der Waals surface area (Å²) in [5.41, 5.74) is 3.36. The van der Waals surface area contributed by atoms with Gasteiger partial charge in [0.25, 0.3) is 5.91 Å². The maximum absolute atomic E-state index is 12.2. The monoisotopic (exact) mass is 370 g/mol. The molecule has 26 heavy (non-hydrogen) atoms. The Bertz CT molecular complexity index is 805. The Labute approximate surface area is 155 Å². The molecular weight excluding hydrogens is 352 g/mol. The molecule has 0 unspecified atom stereocenters. The van der Waals surface area contributed by atoms with Crippen molar-refractivity contribution >= 4 is 23.9 Å². The highest BCUT2D eigenvalue weighted by Crippen LogP contribution is 2.30. The fourth-order valence-electron chi connectivity index (χ4n) is 2.50. The molecule has 1 N–H and O–H groups in total. The van der Waals surface area contributed by atoms with Crippen LogP contribution in [0.1, 0.15) is 5.56 Å². The third kappa shape index (κ3) is 3.94. The van der Waals surface area contributed by atoms with Crippen LogP contribution < -0.4 is 19.6 Å². The number of hydrogen-bond acceptors (Lipinski definition) is 6. The van der Waals surface area contributed by atoms with Crippen molar-refractivity contribution in [2.24, 2.45) is 5.10 Å². The molecule has 0 aliphatic carbocycles. The first-order valence-electron chi connectivity index (χ1n) is 8.34. The van der Waals surface area contributed by atoms with Gasteiger partial charge in [0, 0.05) is 11.5 Å². The van der Waals surface area contributed by atoms with E-state index in [1.165, 1.54) is 0 Å². The maximum atomic E-state index is 12.2. The van der Waals surface area contributed by atoms with Crippen LogP contribution in [0.5, 0.6) is 17.2 Å². The lowest BCUT2D eigenvalue weighted by Gasteiger charge is -2.25. The number of amides is 1. The Morgan fingerprint density at radius 1 is 1.15 bits per heavy atom. The van der Waals surface area contributed by atoms with Crippen molar-refractivity contribution in [1.29, 1.82) is 0 Å². The Morgan fingerprint density at radius 3 is 2.65 bits per heavy atom. The summed E-state index contributed by atoms with van der Waals surface area (Å²) in [7, 11) is 0. The smallest absolute Gasteiger partial charge is 0.284 e. The van der Waals surface area contributed by atoms with Crippen LogP contribution >= 0.6 is 11.8 Å². The molecule has 0 aromatic heterocycles. The summed E-state index contributed by atoms with van der Waals surface area (Å²) in [5.74, 6) is 3.80. The van der Waals surface area contributed by atoms with E-state index in [-0.39, 0.29) is 12.5 Å². The highest BCUT2D eigenvalue weighted by Gasteiger charge is 2.27. The van der Waals surface area contributed by atoms with E-state index in [4.69, 9.17) is 14.2 Å². The summed E-state index contributed by atoms with van der Waals surface area (Å²) in [6.07, 6.45) is 1.18. The van der Waals surface area contributed by atoms with Gasteiger partial charge in [0.15, 0.2) is 11.5 Å². The molecule has 1 amide bonds. The third-order valence-electron chi connectivity index (χ3n) is 3.98. The summed E-state index contributed by atoms with van der Waals surface area (Å²) in [4.78, 5) is 12.2. The van der Waals surface area contributed by atoms with Crippen LogP contribution in [-0.2, 0) is 4.79 Å². The van der Waals surface area contributed by atoms with Gasteiger partial charge in [-0.25, -0.2) is 5.43 Å². The molecule has 2 aliphatic rings. The van der Waals surface area contributed by atoms with Gasteiger partial charge in [-0.15, -0.1) is 0 Å². The van der Waals surface area contributed by atoms with Gasteiger partial charge >= 0.3 is 0 Å². The van der Waals surface area contributed by atoms with Crippen molar-refractivity contribution in [3.63, 3.8) is 0 Å². The number of carbonyl (C=O) groups is 1. The minimum Gasteiger partial charge on any atom is -0.489 e. The number of rotatable bonds is 5. The van der Waals surface area contributed by atoms with E-state index in [1.807, 2.05) is 48.2 Å². The number of carbonyl (C=O) groups excluding carboxylic acids is 1. The van der Waals surface area contributed by atoms with Crippen molar-refractivity contribution in [3.8, 4) is 17.2 Å². The SMILES string of the molecule is O=C(N/N=C\c1ccc(OC2CSC2)cc1)[C@@H]1COc2ccccc2O1. The molecule has 6 nitrogen and oxygen atoms in total. The van der Waals surface area contributed by atoms with Crippen molar-refractivity contribution < 1.29 is 19.0 Å².